The number of carbonyl (C=O) groups excluding carboxylic acids is 2. The molecule has 3 heterocycles. The number of carbonyl (C=O) groups is 2. The maximum absolute atomic E-state index is 12.8. The second kappa shape index (κ2) is 9.27. The molecule has 1 aromatic heterocycles. The van der Waals surface area contributed by atoms with Gasteiger partial charge in [-0.3, -0.25) is 14.5 Å². The molecule has 154 valence electrons. The standard InChI is InChI=1S/C23H29N3O3/c27-22-10-5-13-26(22)17-18-7-4-8-19(15-18)23(28)24-16-20(21-9-6-14-29-21)25-11-2-1-3-12-25/h4,6-9,14-15,20H,1-3,5,10-13,16-17H2,(H,24,28). The monoisotopic (exact) mass is 395 g/mol. The van der Waals surface area contributed by atoms with Crippen molar-refractivity contribution < 1.29 is 14.0 Å². The van der Waals surface area contributed by atoms with Crippen molar-refractivity contribution in [2.45, 2.75) is 44.7 Å². The molecule has 1 atom stereocenters. The van der Waals surface area contributed by atoms with Crippen LogP contribution in [0.25, 0.3) is 0 Å². The minimum atomic E-state index is -0.0897. The van der Waals surface area contributed by atoms with Crippen molar-refractivity contribution in [2.24, 2.45) is 0 Å². The number of nitrogens with one attached hydrogen (secondary N) is 1. The van der Waals surface area contributed by atoms with Crippen LogP contribution in [0.2, 0.25) is 0 Å². The van der Waals surface area contributed by atoms with Gasteiger partial charge in [-0.2, -0.15) is 0 Å². The summed E-state index contributed by atoms with van der Waals surface area (Å²) < 4.78 is 5.66. The molecular weight excluding hydrogens is 366 g/mol. The summed E-state index contributed by atoms with van der Waals surface area (Å²) in [5, 5.41) is 3.09. The lowest BCUT2D eigenvalue weighted by Crippen LogP contribution is -2.40. The predicted molar refractivity (Wildman–Crippen MR) is 110 cm³/mol. The van der Waals surface area contributed by atoms with Crippen LogP contribution in [0, 0.1) is 0 Å². The second-order valence-electron chi connectivity index (χ2n) is 7.96. The first-order valence-corrected chi connectivity index (χ1v) is 10.6. The molecule has 0 bridgehead atoms. The molecular formula is C23H29N3O3. The van der Waals surface area contributed by atoms with Gasteiger partial charge in [0.1, 0.15) is 5.76 Å². The summed E-state index contributed by atoms with van der Waals surface area (Å²) in [6.45, 7) is 3.95. The van der Waals surface area contributed by atoms with E-state index in [-0.39, 0.29) is 17.9 Å². The molecule has 6 heteroatoms. The summed E-state index contributed by atoms with van der Waals surface area (Å²) in [7, 11) is 0. The highest BCUT2D eigenvalue weighted by atomic mass is 16.3. The van der Waals surface area contributed by atoms with Crippen molar-refractivity contribution in [1.82, 2.24) is 15.1 Å². The summed E-state index contributed by atoms with van der Waals surface area (Å²) in [6, 6.07) is 11.5. The Morgan fingerprint density at radius 1 is 1.07 bits per heavy atom. The third-order valence-electron chi connectivity index (χ3n) is 5.89. The van der Waals surface area contributed by atoms with Crippen LogP contribution in [0.4, 0.5) is 0 Å². The van der Waals surface area contributed by atoms with Gasteiger partial charge in [-0.15, -0.1) is 0 Å². The Kier molecular flexibility index (Phi) is 6.30. The zero-order valence-electron chi connectivity index (χ0n) is 16.8. The second-order valence-corrected chi connectivity index (χ2v) is 7.96. The third-order valence-corrected chi connectivity index (χ3v) is 5.89. The van der Waals surface area contributed by atoms with Crippen LogP contribution < -0.4 is 5.32 Å². The Morgan fingerprint density at radius 3 is 2.66 bits per heavy atom. The molecule has 1 N–H and O–H groups in total. The highest BCUT2D eigenvalue weighted by molar-refractivity contribution is 5.94. The summed E-state index contributed by atoms with van der Waals surface area (Å²) >= 11 is 0. The fourth-order valence-corrected chi connectivity index (χ4v) is 4.31. The molecule has 0 aliphatic carbocycles. The van der Waals surface area contributed by atoms with Crippen LogP contribution in [0.15, 0.2) is 47.1 Å². The van der Waals surface area contributed by atoms with E-state index in [2.05, 4.69) is 10.2 Å². The van der Waals surface area contributed by atoms with E-state index in [4.69, 9.17) is 4.42 Å². The largest absolute Gasteiger partial charge is 0.468 e. The van der Waals surface area contributed by atoms with E-state index >= 15 is 0 Å². The number of benzene rings is 1. The molecule has 1 aromatic carbocycles. The van der Waals surface area contributed by atoms with E-state index in [1.54, 1.807) is 6.26 Å². The van der Waals surface area contributed by atoms with E-state index in [1.807, 2.05) is 41.3 Å². The average molecular weight is 396 g/mol. The van der Waals surface area contributed by atoms with Crippen molar-refractivity contribution in [3.63, 3.8) is 0 Å². The smallest absolute Gasteiger partial charge is 0.251 e. The molecule has 1 unspecified atom stereocenters. The van der Waals surface area contributed by atoms with E-state index in [0.29, 0.717) is 25.1 Å². The van der Waals surface area contributed by atoms with E-state index in [0.717, 1.165) is 37.4 Å². The molecule has 2 fully saturated rings. The number of hydrogen-bond donors (Lipinski definition) is 1. The normalized spacial score (nSPS) is 18.8. The third kappa shape index (κ3) is 4.88. The van der Waals surface area contributed by atoms with Gasteiger partial charge in [-0.1, -0.05) is 18.6 Å². The van der Waals surface area contributed by atoms with Crippen LogP contribution in [0.1, 0.15) is 59.8 Å². The quantitative estimate of drug-likeness (QED) is 0.781. The topological polar surface area (TPSA) is 65.8 Å². The van der Waals surface area contributed by atoms with Gasteiger partial charge in [0.05, 0.1) is 12.3 Å². The molecule has 0 spiro atoms. The number of likely N-dealkylation sites (tertiary alicyclic amines) is 2. The lowest BCUT2D eigenvalue weighted by atomic mass is 10.1. The first-order valence-electron chi connectivity index (χ1n) is 10.6. The predicted octanol–water partition coefficient (Wildman–Crippen LogP) is 3.36. The van der Waals surface area contributed by atoms with Crippen molar-refractivity contribution in [2.75, 3.05) is 26.2 Å². The first-order chi connectivity index (χ1) is 14.2. The van der Waals surface area contributed by atoms with Gasteiger partial charge >= 0.3 is 0 Å². The highest BCUT2D eigenvalue weighted by Crippen LogP contribution is 2.24. The molecule has 4 rings (SSSR count). The number of amides is 2. The molecule has 0 saturated carbocycles. The molecule has 6 nitrogen and oxygen atoms in total. The van der Waals surface area contributed by atoms with E-state index < -0.39 is 0 Å². The lowest BCUT2D eigenvalue weighted by molar-refractivity contribution is -0.128. The van der Waals surface area contributed by atoms with Crippen molar-refractivity contribution in [1.29, 1.82) is 0 Å². The van der Waals surface area contributed by atoms with Gasteiger partial charge in [0.15, 0.2) is 0 Å². The number of piperidine rings is 1. The number of nitrogens with zero attached hydrogens (tertiary/aromatic N) is 2. The van der Waals surface area contributed by atoms with Gasteiger partial charge in [0.25, 0.3) is 5.91 Å². The van der Waals surface area contributed by atoms with Crippen LogP contribution >= 0.6 is 0 Å². The Bertz CT molecular complexity index is 828. The van der Waals surface area contributed by atoms with Crippen LogP contribution in [-0.4, -0.2) is 47.8 Å². The maximum atomic E-state index is 12.8. The van der Waals surface area contributed by atoms with Crippen molar-refractivity contribution in [3.8, 4) is 0 Å². The van der Waals surface area contributed by atoms with Gasteiger partial charge < -0.3 is 14.6 Å². The fourth-order valence-electron chi connectivity index (χ4n) is 4.31. The Balaban J connectivity index is 1.40. The molecule has 2 aliphatic rings. The molecule has 0 radical (unpaired) electrons. The van der Waals surface area contributed by atoms with Crippen molar-refractivity contribution in [3.05, 3.63) is 59.5 Å². The summed E-state index contributed by atoms with van der Waals surface area (Å²) in [4.78, 5) is 28.9. The van der Waals surface area contributed by atoms with Crippen LogP contribution in [-0.2, 0) is 11.3 Å². The van der Waals surface area contributed by atoms with Crippen LogP contribution in [0.3, 0.4) is 0 Å². The highest BCUT2D eigenvalue weighted by Gasteiger charge is 2.25. The number of rotatable bonds is 7. The molecule has 2 saturated heterocycles. The van der Waals surface area contributed by atoms with Gasteiger partial charge in [0, 0.05) is 31.6 Å². The van der Waals surface area contributed by atoms with E-state index in [9.17, 15) is 9.59 Å². The Labute approximate surface area is 171 Å². The van der Waals surface area contributed by atoms with Gasteiger partial charge in [-0.05, 0) is 62.2 Å². The van der Waals surface area contributed by atoms with Crippen molar-refractivity contribution >= 4 is 11.8 Å². The lowest BCUT2D eigenvalue weighted by Gasteiger charge is -2.33. The molecule has 29 heavy (non-hydrogen) atoms. The summed E-state index contributed by atoms with van der Waals surface area (Å²) in [6.07, 6.45) is 6.87. The Morgan fingerprint density at radius 2 is 1.93 bits per heavy atom. The molecule has 2 aromatic rings. The van der Waals surface area contributed by atoms with Gasteiger partial charge in [-0.25, -0.2) is 0 Å². The number of hydrogen-bond acceptors (Lipinski definition) is 4. The first kappa shape index (κ1) is 19.7. The summed E-state index contributed by atoms with van der Waals surface area (Å²) in [5.41, 5.74) is 1.62. The number of furan rings is 1. The summed E-state index contributed by atoms with van der Waals surface area (Å²) in [5.74, 6) is 1.00. The average Bonchev–Trinajstić information content (AvgIpc) is 3.42. The maximum Gasteiger partial charge on any atom is 0.251 e. The zero-order chi connectivity index (χ0) is 20.1. The zero-order valence-corrected chi connectivity index (χ0v) is 16.8. The molecule has 2 amide bonds. The van der Waals surface area contributed by atoms with Crippen LogP contribution in [0.5, 0.6) is 0 Å². The Hall–Kier alpha value is -2.60. The minimum Gasteiger partial charge on any atom is -0.468 e. The molecule has 2 aliphatic heterocycles. The van der Waals surface area contributed by atoms with E-state index in [1.165, 1.54) is 19.3 Å². The fraction of sp³-hybridized carbons (Fsp3) is 0.478. The SMILES string of the molecule is O=C(NCC(c1ccco1)N1CCCCC1)c1cccc(CN2CCCC2=O)c1. The van der Waals surface area contributed by atoms with Gasteiger partial charge in [0.2, 0.25) is 5.91 Å². The minimum absolute atomic E-state index is 0.0552.